The molecule has 0 bridgehead atoms. The van der Waals surface area contributed by atoms with E-state index in [1.54, 1.807) is 51.1 Å². The molecule has 3 saturated heterocycles. The van der Waals surface area contributed by atoms with Crippen molar-refractivity contribution in [3.05, 3.63) is 35.9 Å². The van der Waals surface area contributed by atoms with Gasteiger partial charge in [0.2, 0.25) is 11.8 Å². The van der Waals surface area contributed by atoms with E-state index in [-0.39, 0.29) is 42.6 Å². The third kappa shape index (κ3) is 5.22. The molecule has 194 valence electrons. The van der Waals surface area contributed by atoms with Crippen molar-refractivity contribution in [2.45, 2.75) is 49.0 Å². The zero-order chi connectivity index (χ0) is 26.4. The number of carbonyl (C=O) groups is 6. The molecule has 0 spiro atoms. The Labute approximate surface area is 239 Å². The van der Waals surface area contributed by atoms with Gasteiger partial charge in [-0.25, -0.2) is 9.59 Å². The molecule has 4 atom stereocenters. The molecule has 3 aliphatic heterocycles. The van der Waals surface area contributed by atoms with Crippen LogP contribution in [-0.4, -0.2) is 127 Å². The molecule has 3 heterocycles. The van der Waals surface area contributed by atoms with Crippen molar-refractivity contribution >= 4 is 76.9 Å². The average molecular weight is 542 g/mol. The molecule has 1 aromatic carbocycles. The van der Waals surface area contributed by atoms with E-state index in [4.69, 9.17) is 0 Å². The van der Waals surface area contributed by atoms with Crippen LogP contribution in [0.1, 0.15) is 32.4 Å². The van der Waals surface area contributed by atoms with E-state index in [1.807, 2.05) is 0 Å². The van der Waals surface area contributed by atoms with Crippen LogP contribution < -0.4 is 10.6 Å². The molecular weight excluding hydrogens is 513 g/mol. The van der Waals surface area contributed by atoms with Gasteiger partial charge in [-0.05, 0) is 26.3 Å². The first-order valence-electron chi connectivity index (χ1n) is 11.5. The molecule has 12 nitrogen and oxygen atoms in total. The summed E-state index contributed by atoms with van der Waals surface area (Å²) in [7, 11) is 0. The second-order valence-corrected chi connectivity index (χ2v) is 11.0. The second-order valence-electron chi connectivity index (χ2n) is 9.22. The zero-order valence-electron chi connectivity index (χ0n) is 20.0. The summed E-state index contributed by atoms with van der Waals surface area (Å²) in [5.74, 6) is -4.12. The molecule has 4 rings (SSSR count). The number of benzene rings is 1. The van der Waals surface area contributed by atoms with E-state index < -0.39 is 63.9 Å². The number of rotatable bonds is 6. The number of urea groups is 1. The Bertz CT molecular complexity index is 1130. The van der Waals surface area contributed by atoms with Crippen LogP contribution in [0, 0.1) is 0 Å². The number of aliphatic carboxylic acids is 1. The van der Waals surface area contributed by atoms with Crippen LogP contribution in [0.25, 0.3) is 0 Å². The van der Waals surface area contributed by atoms with Crippen LogP contribution in [0.2, 0.25) is 0 Å². The number of carboxylic acids is 1. The van der Waals surface area contributed by atoms with Crippen LogP contribution in [0.15, 0.2) is 30.3 Å². The SMILES string of the molecule is CCN1CCN(C(=O)NC(C(=O)NC2C(=O)N3C2SC(C)(C)C3C(=O)O)c2ccccc2)C(=O)C1=O.[NaH]. The Balaban J connectivity index is 0.00000380. The van der Waals surface area contributed by atoms with Gasteiger partial charge in [0.25, 0.3) is 0 Å². The zero-order valence-corrected chi connectivity index (χ0v) is 20.8. The van der Waals surface area contributed by atoms with Gasteiger partial charge >= 0.3 is 53.4 Å². The molecule has 1 aromatic rings. The van der Waals surface area contributed by atoms with E-state index in [2.05, 4.69) is 10.6 Å². The van der Waals surface area contributed by atoms with Crippen molar-refractivity contribution in [3.63, 3.8) is 0 Å². The van der Waals surface area contributed by atoms with Gasteiger partial charge in [0.05, 0.1) is 0 Å². The number of imide groups is 1. The van der Waals surface area contributed by atoms with E-state index in [0.29, 0.717) is 12.1 Å². The maximum absolute atomic E-state index is 13.3. The third-order valence-electron chi connectivity index (χ3n) is 6.57. The van der Waals surface area contributed by atoms with E-state index in [9.17, 15) is 33.9 Å². The van der Waals surface area contributed by atoms with E-state index >= 15 is 0 Å². The number of nitrogens with one attached hydrogen (secondary N) is 2. The Hall–Kier alpha value is -2.61. The topological polar surface area (TPSA) is 156 Å². The summed E-state index contributed by atoms with van der Waals surface area (Å²) in [5.41, 5.74) is 0.403. The summed E-state index contributed by atoms with van der Waals surface area (Å²) in [6.45, 7) is 5.67. The Kier molecular flexibility index (Phi) is 8.62. The molecule has 0 radical (unpaired) electrons. The number of hydrogen-bond donors (Lipinski definition) is 3. The fraction of sp³-hybridized carbons (Fsp3) is 0.478. The summed E-state index contributed by atoms with van der Waals surface area (Å²) in [6, 6.07) is 4.11. The van der Waals surface area contributed by atoms with Gasteiger partial charge in [0, 0.05) is 24.4 Å². The predicted octanol–water partition coefficient (Wildman–Crippen LogP) is -0.889. The molecule has 3 fully saturated rings. The molecule has 14 heteroatoms. The molecule has 0 aromatic heterocycles. The van der Waals surface area contributed by atoms with Gasteiger partial charge in [0.15, 0.2) is 0 Å². The van der Waals surface area contributed by atoms with Gasteiger partial charge in [-0.1, -0.05) is 30.3 Å². The van der Waals surface area contributed by atoms with Crippen LogP contribution in [0.4, 0.5) is 4.79 Å². The van der Waals surface area contributed by atoms with Crippen molar-refractivity contribution in [1.82, 2.24) is 25.3 Å². The number of piperazine rings is 1. The first-order chi connectivity index (χ1) is 17.0. The minimum atomic E-state index is -1.26. The van der Waals surface area contributed by atoms with Crippen LogP contribution in [0.5, 0.6) is 0 Å². The molecule has 3 aliphatic rings. The predicted molar refractivity (Wildman–Crippen MR) is 134 cm³/mol. The number of carbonyl (C=O) groups excluding carboxylic acids is 5. The number of thioether (sulfide) groups is 1. The molecule has 37 heavy (non-hydrogen) atoms. The molecule has 4 unspecified atom stereocenters. The Morgan fingerprint density at radius 2 is 1.76 bits per heavy atom. The number of fused-ring (bicyclic) bond motifs is 1. The average Bonchev–Trinajstić information content (AvgIpc) is 3.10. The van der Waals surface area contributed by atoms with Gasteiger partial charge in [-0.3, -0.25) is 24.1 Å². The monoisotopic (exact) mass is 541 g/mol. The summed E-state index contributed by atoms with van der Waals surface area (Å²) < 4.78 is -0.758. The Morgan fingerprint density at radius 1 is 1.11 bits per heavy atom. The van der Waals surface area contributed by atoms with Crippen LogP contribution in [0.3, 0.4) is 0 Å². The van der Waals surface area contributed by atoms with Crippen molar-refractivity contribution < 1.29 is 33.9 Å². The number of carboxylic acid groups (broad SMARTS) is 1. The van der Waals surface area contributed by atoms with Crippen molar-refractivity contribution in [3.8, 4) is 0 Å². The van der Waals surface area contributed by atoms with Crippen molar-refractivity contribution in [2.75, 3.05) is 19.6 Å². The number of β-lactam (4-membered cyclic amide) rings is 1. The molecule has 6 amide bonds. The maximum atomic E-state index is 13.3. The minimum absolute atomic E-state index is 0. The summed E-state index contributed by atoms with van der Waals surface area (Å²) in [5, 5.41) is 14.2. The number of likely N-dealkylation sites (N-methyl/N-ethyl adjacent to an activating group) is 1. The normalized spacial score (nSPS) is 25.0. The standard InChI is InChI=1S/C23H27N5O7S.Na.H/c1-4-26-10-11-27(19(32)18(26)31)22(35)25-13(12-8-6-5-7-9-12)16(29)24-14-17(30)28-15(21(33)34)23(2,3)36-20(14)28;;/h5-9,13-15,20H,4,10-11H2,1-3H3,(H,24,29)(H,25,35)(H,33,34);;. The molecule has 0 aliphatic carbocycles. The number of hydrogen-bond acceptors (Lipinski definition) is 7. The van der Waals surface area contributed by atoms with Gasteiger partial charge in [0.1, 0.15) is 23.5 Å². The summed E-state index contributed by atoms with van der Waals surface area (Å²) in [6.07, 6.45) is 0. The fourth-order valence-corrected chi connectivity index (χ4v) is 6.32. The van der Waals surface area contributed by atoms with E-state index in [0.717, 1.165) is 4.90 Å². The van der Waals surface area contributed by atoms with Crippen molar-refractivity contribution in [1.29, 1.82) is 0 Å². The third-order valence-corrected chi connectivity index (χ3v) is 8.14. The Morgan fingerprint density at radius 3 is 2.35 bits per heavy atom. The number of amides is 6. The van der Waals surface area contributed by atoms with Gasteiger partial charge < -0.3 is 25.5 Å². The van der Waals surface area contributed by atoms with Crippen LogP contribution in [-0.2, 0) is 24.0 Å². The first kappa shape index (κ1) is 29.0. The van der Waals surface area contributed by atoms with Gasteiger partial charge in [-0.15, -0.1) is 11.8 Å². The first-order valence-corrected chi connectivity index (χ1v) is 12.3. The molecule has 3 N–H and O–H groups in total. The molecular formula is C23H28N5NaO7S. The van der Waals surface area contributed by atoms with Crippen molar-refractivity contribution in [2.24, 2.45) is 0 Å². The van der Waals surface area contributed by atoms with E-state index in [1.165, 1.54) is 21.6 Å². The van der Waals surface area contributed by atoms with Crippen LogP contribution >= 0.6 is 11.8 Å². The molecule has 0 saturated carbocycles. The second kappa shape index (κ2) is 11.0. The number of nitrogens with zero attached hydrogens (tertiary/aromatic N) is 3. The fourth-order valence-electron chi connectivity index (χ4n) is 4.70. The summed E-state index contributed by atoms with van der Waals surface area (Å²) in [4.78, 5) is 78.8. The quantitative estimate of drug-likeness (QED) is 0.238. The summed E-state index contributed by atoms with van der Waals surface area (Å²) >= 11 is 1.28. The van der Waals surface area contributed by atoms with Gasteiger partial charge in [-0.2, -0.15) is 0 Å².